The Labute approximate surface area is 97.0 Å². The molecule has 0 amide bonds. The molecule has 0 aliphatic carbocycles. The minimum atomic E-state index is -0.445. The van der Waals surface area contributed by atoms with Gasteiger partial charge in [0.05, 0.1) is 0 Å². The molecule has 0 aromatic carbocycles. The number of aliphatic hydroxyl groups is 1. The topological polar surface area (TPSA) is 63.6 Å². The number of unbranched alkanes of at least 4 members (excludes halogenated alkanes) is 4. The van der Waals surface area contributed by atoms with Crippen LogP contribution in [0.25, 0.3) is 0 Å². The Morgan fingerprint density at radius 2 is 1.50 bits per heavy atom. The molecule has 94 valence electrons. The molecule has 0 unspecified atom stereocenters. The lowest BCUT2D eigenvalue weighted by Gasteiger charge is -2.02. The highest BCUT2D eigenvalue weighted by molar-refractivity contribution is 5.85. The maximum atomic E-state index is 11.1. The summed E-state index contributed by atoms with van der Waals surface area (Å²) in [7, 11) is 0. The molecule has 4 heteroatoms. The van der Waals surface area contributed by atoms with Crippen molar-refractivity contribution in [2.24, 2.45) is 0 Å². The monoisotopic (exact) mass is 230 g/mol. The van der Waals surface area contributed by atoms with Gasteiger partial charge in [-0.3, -0.25) is 9.59 Å². The van der Waals surface area contributed by atoms with Crippen molar-refractivity contribution >= 4 is 11.9 Å². The van der Waals surface area contributed by atoms with Crippen molar-refractivity contribution in [2.45, 2.75) is 58.3 Å². The molecule has 16 heavy (non-hydrogen) atoms. The average molecular weight is 230 g/mol. The summed E-state index contributed by atoms with van der Waals surface area (Å²) in [6.07, 6.45) is 5.56. The van der Waals surface area contributed by atoms with E-state index in [1.54, 1.807) is 0 Å². The minimum absolute atomic E-state index is 0.144. The van der Waals surface area contributed by atoms with Gasteiger partial charge < -0.3 is 9.84 Å². The van der Waals surface area contributed by atoms with Gasteiger partial charge in [-0.15, -0.1) is 0 Å². The number of ether oxygens (including phenoxy) is 1. The molecule has 0 atom stereocenters. The van der Waals surface area contributed by atoms with Gasteiger partial charge >= 0.3 is 11.9 Å². The SMILES string of the molecule is CCCCCC(=O)OC(=O)CCCCCO. The summed E-state index contributed by atoms with van der Waals surface area (Å²) < 4.78 is 4.64. The van der Waals surface area contributed by atoms with Gasteiger partial charge in [0.15, 0.2) is 0 Å². The summed E-state index contributed by atoms with van der Waals surface area (Å²) in [4.78, 5) is 22.3. The number of rotatable bonds is 9. The first kappa shape index (κ1) is 15.1. The predicted octanol–water partition coefficient (Wildman–Crippen LogP) is 2.19. The summed E-state index contributed by atoms with van der Waals surface area (Å²) >= 11 is 0. The first-order valence-corrected chi connectivity index (χ1v) is 6.05. The van der Waals surface area contributed by atoms with E-state index in [0.717, 1.165) is 25.7 Å². The molecule has 0 radical (unpaired) electrons. The van der Waals surface area contributed by atoms with Gasteiger partial charge in [-0.2, -0.15) is 0 Å². The van der Waals surface area contributed by atoms with E-state index in [9.17, 15) is 9.59 Å². The van der Waals surface area contributed by atoms with Crippen LogP contribution in [0.1, 0.15) is 58.3 Å². The molecule has 0 saturated carbocycles. The molecule has 0 fully saturated rings. The number of esters is 2. The molecule has 0 aromatic rings. The third kappa shape index (κ3) is 9.65. The third-order valence-electron chi connectivity index (χ3n) is 2.25. The van der Waals surface area contributed by atoms with Crippen molar-refractivity contribution in [1.82, 2.24) is 0 Å². The van der Waals surface area contributed by atoms with Crippen molar-refractivity contribution in [3.8, 4) is 0 Å². The molecule has 0 aliphatic rings. The highest BCUT2D eigenvalue weighted by atomic mass is 16.6. The fourth-order valence-electron chi connectivity index (χ4n) is 1.31. The largest absolute Gasteiger partial charge is 0.396 e. The van der Waals surface area contributed by atoms with E-state index < -0.39 is 11.9 Å². The van der Waals surface area contributed by atoms with E-state index >= 15 is 0 Å². The van der Waals surface area contributed by atoms with Crippen LogP contribution in [0.5, 0.6) is 0 Å². The van der Waals surface area contributed by atoms with Gasteiger partial charge in [0.2, 0.25) is 0 Å². The average Bonchev–Trinajstić information content (AvgIpc) is 2.25. The second-order valence-corrected chi connectivity index (χ2v) is 3.84. The summed E-state index contributed by atoms with van der Waals surface area (Å²) in [5.74, 6) is -0.861. The Balaban J connectivity index is 3.43. The maximum absolute atomic E-state index is 11.1. The first-order valence-electron chi connectivity index (χ1n) is 6.05. The van der Waals surface area contributed by atoms with Gasteiger partial charge in [-0.1, -0.05) is 26.2 Å². The maximum Gasteiger partial charge on any atom is 0.313 e. The number of hydrogen-bond acceptors (Lipinski definition) is 4. The first-order chi connectivity index (χ1) is 7.70. The van der Waals surface area contributed by atoms with Crippen molar-refractivity contribution in [1.29, 1.82) is 0 Å². The molecule has 4 nitrogen and oxygen atoms in total. The molecule has 0 bridgehead atoms. The lowest BCUT2D eigenvalue weighted by Crippen LogP contribution is -2.11. The fourth-order valence-corrected chi connectivity index (χ4v) is 1.31. The lowest BCUT2D eigenvalue weighted by molar-refractivity contribution is -0.159. The van der Waals surface area contributed by atoms with Crippen LogP contribution in [0, 0.1) is 0 Å². The van der Waals surface area contributed by atoms with E-state index in [2.05, 4.69) is 11.7 Å². The highest BCUT2D eigenvalue weighted by Gasteiger charge is 2.09. The summed E-state index contributed by atoms with van der Waals surface area (Å²) in [5.41, 5.74) is 0. The quantitative estimate of drug-likeness (QED) is 0.374. The van der Waals surface area contributed by atoms with Crippen LogP contribution in [-0.2, 0) is 14.3 Å². The Hall–Kier alpha value is -0.900. The predicted molar refractivity (Wildman–Crippen MR) is 60.8 cm³/mol. The zero-order chi connectivity index (χ0) is 12.2. The Morgan fingerprint density at radius 3 is 2.00 bits per heavy atom. The normalized spacial score (nSPS) is 10.1. The van der Waals surface area contributed by atoms with Gasteiger partial charge in [0.25, 0.3) is 0 Å². The van der Waals surface area contributed by atoms with Crippen molar-refractivity contribution in [2.75, 3.05) is 6.61 Å². The summed E-state index contributed by atoms with van der Waals surface area (Å²) in [6.45, 7) is 2.20. The van der Waals surface area contributed by atoms with Gasteiger partial charge in [0, 0.05) is 19.4 Å². The minimum Gasteiger partial charge on any atom is -0.396 e. The van der Waals surface area contributed by atoms with Gasteiger partial charge in [-0.25, -0.2) is 0 Å². The molecule has 1 N–H and O–H groups in total. The highest BCUT2D eigenvalue weighted by Crippen LogP contribution is 2.04. The molecular formula is C12H22O4. The Kier molecular flexibility index (Phi) is 10.0. The number of hydrogen-bond donors (Lipinski definition) is 1. The van der Waals surface area contributed by atoms with Crippen LogP contribution in [0.2, 0.25) is 0 Å². The van der Waals surface area contributed by atoms with E-state index in [0.29, 0.717) is 19.3 Å². The second-order valence-electron chi connectivity index (χ2n) is 3.84. The smallest absolute Gasteiger partial charge is 0.313 e. The van der Waals surface area contributed by atoms with Crippen LogP contribution in [0.3, 0.4) is 0 Å². The Bertz CT molecular complexity index is 201. The Morgan fingerprint density at radius 1 is 0.938 bits per heavy atom. The van der Waals surface area contributed by atoms with Crippen LogP contribution < -0.4 is 0 Å². The fraction of sp³-hybridized carbons (Fsp3) is 0.833. The third-order valence-corrected chi connectivity index (χ3v) is 2.25. The van der Waals surface area contributed by atoms with E-state index in [1.807, 2.05) is 0 Å². The molecule has 0 aliphatic heterocycles. The number of aliphatic hydroxyl groups excluding tert-OH is 1. The summed E-state index contributed by atoms with van der Waals surface area (Å²) in [6, 6.07) is 0. The van der Waals surface area contributed by atoms with E-state index in [-0.39, 0.29) is 13.0 Å². The standard InChI is InChI=1S/C12H22O4/c1-2-3-5-8-11(14)16-12(15)9-6-4-7-10-13/h13H,2-10H2,1H3. The zero-order valence-corrected chi connectivity index (χ0v) is 10.0. The van der Waals surface area contributed by atoms with E-state index in [1.165, 1.54) is 0 Å². The molecule has 0 aromatic heterocycles. The van der Waals surface area contributed by atoms with Gasteiger partial charge in [-0.05, 0) is 19.3 Å². The lowest BCUT2D eigenvalue weighted by atomic mass is 10.2. The van der Waals surface area contributed by atoms with Crippen LogP contribution >= 0.6 is 0 Å². The number of carbonyl (C=O) groups excluding carboxylic acids is 2. The van der Waals surface area contributed by atoms with Crippen molar-refractivity contribution < 1.29 is 19.4 Å². The second kappa shape index (κ2) is 10.6. The van der Waals surface area contributed by atoms with Crippen LogP contribution in [-0.4, -0.2) is 23.7 Å². The molecule has 0 spiro atoms. The molecule has 0 heterocycles. The molecule has 0 rings (SSSR count). The van der Waals surface area contributed by atoms with Crippen LogP contribution in [0.15, 0.2) is 0 Å². The number of carbonyl (C=O) groups is 2. The van der Waals surface area contributed by atoms with E-state index in [4.69, 9.17) is 5.11 Å². The van der Waals surface area contributed by atoms with Gasteiger partial charge in [0.1, 0.15) is 0 Å². The van der Waals surface area contributed by atoms with Crippen LogP contribution in [0.4, 0.5) is 0 Å². The zero-order valence-electron chi connectivity index (χ0n) is 10.0. The van der Waals surface area contributed by atoms with Crippen molar-refractivity contribution in [3.63, 3.8) is 0 Å². The molecule has 0 saturated heterocycles. The molecular weight excluding hydrogens is 208 g/mol. The van der Waals surface area contributed by atoms with Crippen molar-refractivity contribution in [3.05, 3.63) is 0 Å². The summed E-state index contributed by atoms with van der Waals surface area (Å²) in [5, 5.41) is 8.53.